The van der Waals surface area contributed by atoms with Gasteiger partial charge in [0.2, 0.25) is 0 Å². The van der Waals surface area contributed by atoms with Crippen molar-refractivity contribution in [2.24, 2.45) is 0 Å². The highest BCUT2D eigenvalue weighted by molar-refractivity contribution is 9.10. The van der Waals surface area contributed by atoms with E-state index in [4.69, 9.17) is 17.0 Å². The van der Waals surface area contributed by atoms with Crippen molar-refractivity contribution in [1.29, 1.82) is 5.41 Å². The second-order valence-corrected chi connectivity index (χ2v) is 5.00. The zero-order valence-electron chi connectivity index (χ0n) is 10.7. The maximum absolute atomic E-state index is 13.0. The summed E-state index contributed by atoms with van der Waals surface area (Å²) >= 11 is 8.76. The summed E-state index contributed by atoms with van der Waals surface area (Å²) in [6.07, 6.45) is 0.403. The third-order valence-corrected chi connectivity index (χ3v) is 3.18. The Morgan fingerprint density at radius 2 is 2.35 bits per heavy atom. The number of halogens is 3. The Morgan fingerprint density at radius 1 is 1.65 bits per heavy atom. The van der Waals surface area contributed by atoms with E-state index < -0.39 is 11.9 Å². The van der Waals surface area contributed by atoms with Crippen LogP contribution in [0.2, 0.25) is 0 Å². The van der Waals surface area contributed by atoms with Gasteiger partial charge in [0.15, 0.2) is 0 Å². The van der Waals surface area contributed by atoms with Gasteiger partial charge in [0, 0.05) is 22.8 Å². The molecule has 0 aliphatic heterocycles. The Bertz CT molecular complexity index is 593. The predicted molar refractivity (Wildman–Crippen MR) is 82.2 cm³/mol. The second-order valence-electron chi connectivity index (χ2n) is 3.77. The minimum atomic E-state index is -1.11. The average Bonchev–Trinajstić information content (AvgIpc) is 2.38. The number of aliphatic hydroxyl groups is 1. The van der Waals surface area contributed by atoms with Gasteiger partial charge in [-0.25, -0.2) is 4.39 Å². The molecular formula is C14H13BrClFN2O. The molecule has 0 aliphatic rings. The van der Waals surface area contributed by atoms with E-state index in [9.17, 15) is 9.50 Å². The van der Waals surface area contributed by atoms with Crippen LogP contribution >= 0.6 is 27.5 Å². The Kier molecular flexibility index (Phi) is 6.73. The molecule has 0 saturated carbocycles. The summed E-state index contributed by atoms with van der Waals surface area (Å²) in [5.41, 5.74) is 0.716. The van der Waals surface area contributed by atoms with E-state index in [0.29, 0.717) is 16.6 Å². The fraction of sp³-hybridized carbons (Fsp3) is 0.214. The highest BCUT2D eigenvalue weighted by Gasteiger charge is 2.09. The van der Waals surface area contributed by atoms with E-state index in [1.165, 1.54) is 24.4 Å². The van der Waals surface area contributed by atoms with Gasteiger partial charge in [0.05, 0.1) is 5.57 Å². The van der Waals surface area contributed by atoms with Crippen LogP contribution < -0.4 is 5.32 Å². The first-order valence-corrected chi connectivity index (χ1v) is 6.95. The molecule has 0 heterocycles. The van der Waals surface area contributed by atoms with Crippen molar-refractivity contribution in [3.8, 4) is 11.8 Å². The summed E-state index contributed by atoms with van der Waals surface area (Å²) in [6, 6.07) is 3.93. The van der Waals surface area contributed by atoms with Gasteiger partial charge in [-0.1, -0.05) is 45.4 Å². The quantitative estimate of drug-likeness (QED) is 0.570. The van der Waals surface area contributed by atoms with Crippen LogP contribution in [0.4, 0.5) is 4.39 Å². The molecule has 106 valence electrons. The minimum absolute atomic E-state index is 0.219. The van der Waals surface area contributed by atoms with Gasteiger partial charge in [-0.3, -0.25) is 5.41 Å². The maximum atomic E-state index is 13.0. The molecule has 1 atom stereocenters. The fourth-order valence-electron chi connectivity index (χ4n) is 1.31. The molecule has 20 heavy (non-hydrogen) atoms. The van der Waals surface area contributed by atoms with Crippen molar-refractivity contribution >= 4 is 32.7 Å². The number of allylic oxidation sites excluding steroid dienone is 1. The standard InChI is InChI=1S/C14H13BrClFN2O/c1-2-19-8-9(14(16)18)3-6-13(20)11-5-4-10(17)7-12(11)15/h4-5,7-8,13,18-20H,2H2,1H3/b9-8-,18-14?. The second kappa shape index (κ2) is 8.05. The number of aliphatic hydroxyl groups excluding tert-OH is 1. The van der Waals surface area contributed by atoms with Crippen LogP contribution in [-0.4, -0.2) is 16.8 Å². The van der Waals surface area contributed by atoms with E-state index in [-0.39, 0.29) is 10.7 Å². The monoisotopic (exact) mass is 358 g/mol. The predicted octanol–water partition coefficient (Wildman–Crippen LogP) is 3.33. The molecular weight excluding hydrogens is 347 g/mol. The first-order chi connectivity index (χ1) is 9.45. The lowest BCUT2D eigenvalue weighted by molar-refractivity contribution is 0.237. The molecule has 1 unspecified atom stereocenters. The topological polar surface area (TPSA) is 56.1 Å². The number of rotatable bonds is 4. The van der Waals surface area contributed by atoms with Gasteiger partial charge in [0.25, 0.3) is 0 Å². The van der Waals surface area contributed by atoms with Crippen LogP contribution in [0, 0.1) is 23.1 Å². The number of benzene rings is 1. The van der Waals surface area contributed by atoms with Crippen molar-refractivity contribution in [2.45, 2.75) is 13.0 Å². The van der Waals surface area contributed by atoms with E-state index in [1.54, 1.807) is 0 Å². The number of hydrogen-bond acceptors (Lipinski definition) is 3. The first kappa shape index (κ1) is 16.7. The van der Waals surface area contributed by atoms with Crippen LogP contribution in [0.15, 0.2) is 34.4 Å². The molecule has 0 aliphatic carbocycles. The van der Waals surface area contributed by atoms with Gasteiger partial charge in [-0.15, -0.1) is 0 Å². The average molecular weight is 360 g/mol. The fourth-order valence-corrected chi connectivity index (χ4v) is 1.98. The van der Waals surface area contributed by atoms with Crippen LogP contribution in [0.3, 0.4) is 0 Å². The number of nitrogens with one attached hydrogen (secondary N) is 2. The summed E-state index contributed by atoms with van der Waals surface area (Å²) in [5.74, 6) is 4.78. The zero-order chi connectivity index (χ0) is 15.1. The van der Waals surface area contributed by atoms with Crippen molar-refractivity contribution < 1.29 is 9.50 Å². The Morgan fingerprint density at radius 3 is 2.90 bits per heavy atom. The molecule has 0 radical (unpaired) electrons. The minimum Gasteiger partial charge on any atom is -0.390 e. The Hall–Kier alpha value is -1.35. The molecule has 1 aromatic carbocycles. The van der Waals surface area contributed by atoms with E-state index in [0.717, 1.165) is 0 Å². The molecule has 6 heteroatoms. The third kappa shape index (κ3) is 4.97. The molecule has 0 amide bonds. The molecule has 3 N–H and O–H groups in total. The lowest BCUT2D eigenvalue weighted by Gasteiger charge is -2.06. The summed E-state index contributed by atoms with van der Waals surface area (Å²) < 4.78 is 13.4. The Balaban J connectivity index is 2.97. The lowest BCUT2D eigenvalue weighted by Crippen LogP contribution is -2.06. The van der Waals surface area contributed by atoms with Crippen LogP contribution in [-0.2, 0) is 0 Å². The van der Waals surface area contributed by atoms with Gasteiger partial charge in [0.1, 0.15) is 17.1 Å². The largest absolute Gasteiger partial charge is 0.390 e. The molecule has 0 saturated heterocycles. The van der Waals surface area contributed by atoms with E-state index >= 15 is 0 Å². The molecule has 1 aromatic rings. The summed E-state index contributed by atoms with van der Waals surface area (Å²) in [5, 5.41) is 20.0. The zero-order valence-corrected chi connectivity index (χ0v) is 13.0. The van der Waals surface area contributed by atoms with Crippen LogP contribution in [0.25, 0.3) is 0 Å². The van der Waals surface area contributed by atoms with Crippen molar-refractivity contribution in [3.05, 3.63) is 45.8 Å². The van der Waals surface area contributed by atoms with Gasteiger partial charge >= 0.3 is 0 Å². The molecule has 0 aromatic heterocycles. The summed E-state index contributed by atoms with van der Waals surface area (Å²) in [4.78, 5) is 0. The normalized spacial score (nSPS) is 12.3. The number of hydrogen-bond donors (Lipinski definition) is 3. The van der Waals surface area contributed by atoms with Gasteiger partial charge in [-0.05, 0) is 19.1 Å². The first-order valence-electron chi connectivity index (χ1n) is 5.78. The highest BCUT2D eigenvalue weighted by Crippen LogP contribution is 2.24. The molecule has 0 spiro atoms. The third-order valence-electron chi connectivity index (χ3n) is 2.29. The van der Waals surface area contributed by atoms with Gasteiger partial charge < -0.3 is 10.4 Å². The highest BCUT2D eigenvalue weighted by atomic mass is 79.9. The van der Waals surface area contributed by atoms with Gasteiger partial charge in [-0.2, -0.15) is 0 Å². The lowest BCUT2D eigenvalue weighted by atomic mass is 10.1. The molecule has 3 nitrogen and oxygen atoms in total. The maximum Gasteiger partial charge on any atom is 0.141 e. The van der Waals surface area contributed by atoms with Crippen molar-refractivity contribution in [2.75, 3.05) is 6.54 Å². The summed E-state index contributed by atoms with van der Waals surface area (Å²) in [6.45, 7) is 2.56. The molecule has 0 bridgehead atoms. The smallest absolute Gasteiger partial charge is 0.141 e. The van der Waals surface area contributed by atoms with E-state index in [2.05, 4.69) is 33.1 Å². The van der Waals surface area contributed by atoms with E-state index in [1.807, 2.05) is 6.92 Å². The summed E-state index contributed by atoms with van der Waals surface area (Å²) in [7, 11) is 0. The molecule has 0 fully saturated rings. The van der Waals surface area contributed by atoms with Crippen molar-refractivity contribution in [1.82, 2.24) is 5.32 Å². The van der Waals surface area contributed by atoms with Crippen LogP contribution in [0.1, 0.15) is 18.6 Å². The van der Waals surface area contributed by atoms with Crippen molar-refractivity contribution in [3.63, 3.8) is 0 Å². The Labute approximate surface area is 130 Å². The van der Waals surface area contributed by atoms with Crippen LogP contribution in [0.5, 0.6) is 0 Å². The molecule has 1 rings (SSSR count). The SMILES string of the molecule is CCN/C=C(/C#CC(O)c1ccc(F)cc1Br)C(=N)Cl.